The number of aryl methyl sites for hydroxylation is 2. The lowest BCUT2D eigenvalue weighted by atomic mass is 10.1. The van der Waals surface area contributed by atoms with Crippen molar-refractivity contribution in [3.8, 4) is 0 Å². The van der Waals surface area contributed by atoms with Crippen LogP contribution in [0, 0.1) is 13.8 Å². The molecular formula is C21H19ClN2O3S. The van der Waals surface area contributed by atoms with Gasteiger partial charge >= 0.3 is 0 Å². The van der Waals surface area contributed by atoms with Crippen LogP contribution in [0.2, 0.25) is 5.02 Å². The second-order valence-electron chi connectivity index (χ2n) is 6.41. The van der Waals surface area contributed by atoms with E-state index >= 15 is 0 Å². The van der Waals surface area contributed by atoms with Crippen LogP contribution in [0.1, 0.15) is 21.5 Å². The molecule has 0 saturated heterocycles. The predicted molar refractivity (Wildman–Crippen MR) is 113 cm³/mol. The fraction of sp³-hybridized carbons (Fsp3) is 0.0952. The summed E-state index contributed by atoms with van der Waals surface area (Å²) in [6, 6.07) is 18.3. The van der Waals surface area contributed by atoms with Crippen LogP contribution in [0.4, 0.5) is 11.4 Å². The number of anilines is 2. The van der Waals surface area contributed by atoms with Gasteiger partial charge in [0.05, 0.1) is 4.90 Å². The molecule has 0 spiro atoms. The van der Waals surface area contributed by atoms with Crippen LogP contribution in [0.15, 0.2) is 71.6 Å². The summed E-state index contributed by atoms with van der Waals surface area (Å²) in [6.45, 7) is 3.61. The van der Waals surface area contributed by atoms with Crippen LogP contribution in [0.25, 0.3) is 0 Å². The van der Waals surface area contributed by atoms with Crippen LogP contribution in [0.5, 0.6) is 0 Å². The van der Waals surface area contributed by atoms with Crippen molar-refractivity contribution < 1.29 is 13.2 Å². The van der Waals surface area contributed by atoms with E-state index in [1.54, 1.807) is 55.5 Å². The maximum Gasteiger partial charge on any atom is 0.262 e. The first kappa shape index (κ1) is 19.9. The van der Waals surface area contributed by atoms with Crippen molar-refractivity contribution in [3.63, 3.8) is 0 Å². The average molecular weight is 415 g/mol. The highest BCUT2D eigenvalue weighted by Gasteiger charge is 2.19. The molecule has 5 nitrogen and oxygen atoms in total. The fourth-order valence-corrected chi connectivity index (χ4v) is 4.06. The fourth-order valence-electron chi connectivity index (χ4n) is 2.60. The zero-order valence-electron chi connectivity index (χ0n) is 15.4. The Kier molecular flexibility index (Phi) is 5.72. The molecule has 0 bridgehead atoms. The molecule has 0 atom stereocenters. The molecule has 3 aromatic rings. The van der Waals surface area contributed by atoms with E-state index in [1.807, 2.05) is 19.1 Å². The van der Waals surface area contributed by atoms with Crippen LogP contribution in [-0.2, 0) is 10.0 Å². The van der Waals surface area contributed by atoms with Gasteiger partial charge in [-0.25, -0.2) is 8.42 Å². The summed E-state index contributed by atoms with van der Waals surface area (Å²) in [4.78, 5) is 12.6. The van der Waals surface area contributed by atoms with E-state index in [2.05, 4.69) is 10.0 Å². The third kappa shape index (κ3) is 4.71. The van der Waals surface area contributed by atoms with E-state index in [-0.39, 0.29) is 10.5 Å². The summed E-state index contributed by atoms with van der Waals surface area (Å²) in [5.41, 5.74) is 2.84. The third-order valence-corrected chi connectivity index (χ3v) is 5.92. The van der Waals surface area contributed by atoms with Crippen molar-refractivity contribution in [2.45, 2.75) is 18.7 Å². The number of carbonyl (C=O) groups is 1. The highest BCUT2D eigenvalue weighted by Crippen LogP contribution is 2.22. The van der Waals surface area contributed by atoms with Crippen molar-refractivity contribution in [2.75, 3.05) is 10.0 Å². The van der Waals surface area contributed by atoms with E-state index < -0.39 is 15.9 Å². The first-order valence-electron chi connectivity index (χ1n) is 8.52. The molecule has 3 rings (SSSR count). The Morgan fingerprint density at radius 2 is 1.46 bits per heavy atom. The number of amides is 1. The summed E-state index contributed by atoms with van der Waals surface area (Å²) in [5, 5.41) is 3.29. The molecule has 0 radical (unpaired) electrons. The highest BCUT2D eigenvalue weighted by molar-refractivity contribution is 7.92. The Morgan fingerprint density at radius 1 is 0.857 bits per heavy atom. The van der Waals surface area contributed by atoms with E-state index in [4.69, 9.17) is 11.6 Å². The van der Waals surface area contributed by atoms with Crippen LogP contribution >= 0.6 is 11.6 Å². The molecule has 0 aliphatic rings. The normalized spacial score (nSPS) is 11.1. The molecule has 0 fully saturated rings. The minimum absolute atomic E-state index is 0.0526. The lowest BCUT2D eigenvalue weighted by Gasteiger charge is -2.12. The number of sulfonamides is 1. The average Bonchev–Trinajstić information content (AvgIpc) is 2.65. The smallest absolute Gasteiger partial charge is 0.262 e. The maximum absolute atomic E-state index is 12.8. The first-order chi connectivity index (χ1) is 13.2. The number of hydrogen-bond acceptors (Lipinski definition) is 3. The number of hydrogen-bond donors (Lipinski definition) is 2. The molecule has 0 aliphatic heterocycles. The zero-order chi connectivity index (χ0) is 20.3. The Morgan fingerprint density at radius 3 is 2.11 bits per heavy atom. The standard InChI is InChI=1S/C21H19ClN2O3S/c1-14-3-9-19(10-4-14)24-28(26,27)20-13-16(6-5-15(20)2)21(25)23-18-11-7-17(22)8-12-18/h3-13,24H,1-2H3,(H,23,25). The Balaban J connectivity index is 1.86. The molecule has 0 heterocycles. The van der Waals surface area contributed by atoms with Crippen molar-refractivity contribution in [1.82, 2.24) is 0 Å². The lowest BCUT2D eigenvalue weighted by molar-refractivity contribution is 0.102. The van der Waals surface area contributed by atoms with Gasteiger partial charge in [0.25, 0.3) is 15.9 Å². The van der Waals surface area contributed by atoms with Gasteiger partial charge in [-0.2, -0.15) is 0 Å². The molecule has 0 unspecified atom stereocenters. The van der Waals surface area contributed by atoms with Crippen LogP contribution in [0.3, 0.4) is 0 Å². The molecule has 0 saturated carbocycles. The van der Waals surface area contributed by atoms with Crippen molar-refractivity contribution in [1.29, 1.82) is 0 Å². The SMILES string of the molecule is Cc1ccc(NS(=O)(=O)c2cc(C(=O)Nc3ccc(Cl)cc3)ccc2C)cc1. The van der Waals surface area contributed by atoms with Crippen LogP contribution < -0.4 is 10.0 Å². The zero-order valence-corrected chi connectivity index (χ0v) is 16.9. The topological polar surface area (TPSA) is 75.3 Å². The van der Waals surface area contributed by atoms with Crippen molar-refractivity contribution >= 4 is 38.9 Å². The Bertz CT molecular complexity index is 1110. The summed E-state index contributed by atoms with van der Waals surface area (Å²) in [7, 11) is -3.84. The van der Waals surface area contributed by atoms with Crippen LogP contribution in [-0.4, -0.2) is 14.3 Å². The summed E-state index contributed by atoms with van der Waals surface area (Å²) < 4.78 is 28.2. The number of carbonyl (C=O) groups excluding carboxylic acids is 1. The van der Waals surface area contributed by atoms with Gasteiger partial charge in [-0.05, 0) is 67.9 Å². The molecule has 28 heavy (non-hydrogen) atoms. The highest BCUT2D eigenvalue weighted by atomic mass is 35.5. The van der Waals surface area contributed by atoms with Gasteiger partial charge in [-0.15, -0.1) is 0 Å². The molecule has 3 aromatic carbocycles. The van der Waals surface area contributed by atoms with Gasteiger partial charge in [-0.1, -0.05) is 35.4 Å². The quantitative estimate of drug-likeness (QED) is 0.616. The first-order valence-corrected chi connectivity index (χ1v) is 10.4. The lowest BCUT2D eigenvalue weighted by Crippen LogP contribution is -2.17. The second kappa shape index (κ2) is 8.04. The molecule has 7 heteroatoms. The molecule has 0 aliphatic carbocycles. The maximum atomic E-state index is 12.8. The Labute approximate surface area is 169 Å². The minimum Gasteiger partial charge on any atom is -0.322 e. The number of halogens is 1. The van der Waals surface area contributed by atoms with Crippen molar-refractivity contribution in [2.24, 2.45) is 0 Å². The molecular weight excluding hydrogens is 396 g/mol. The monoisotopic (exact) mass is 414 g/mol. The van der Waals surface area contributed by atoms with E-state index in [0.29, 0.717) is 22.0 Å². The Hall–Kier alpha value is -2.83. The summed E-state index contributed by atoms with van der Waals surface area (Å²) in [5.74, 6) is -0.408. The predicted octanol–water partition coefficient (Wildman–Crippen LogP) is 5.01. The third-order valence-electron chi connectivity index (χ3n) is 4.15. The molecule has 2 N–H and O–H groups in total. The molecule has 0 aromatic heterocycles. The van der Waals surface area contributed by atoms with Gasteiger partial charge in [-0.3, -0.25) is 9.52 Å². The van der Waals surface area contributed by atoms with Gasteiger partial charge in [0.15, 0.2) is 0 Å². The molecule has 1 amide bonds. The summed E-state index contributed by atoms with van der Waals surface area (Å²) >= 11 is 5.84. The largest absolute Gasteiger partial charge is 0.322 e. The summed E-state index contributed by atoms with van der Waals surface area (Å²) in [6.07, 6.45) is 0. The van der Waals surface area contributed by atoms with Crippen molar-refractivity contribution in [3.05, 3.63) is 88.4 Å². The van der Waals surface area contributed by atoms with Gasteiger partial charge in [0, 0.05) is 22.0 Å². The molecule has 144 valence electrons. The number of rotatable bonds is 5. The van der Waals surface area contributed by atoms with Gasteiger partial charge in [0.2, 0.25) is 0 Å². The minimum atomic E-state index is -3.84. The van der Waals surface area contributed by atoms with E-state index in [0.717, 1.165) is 5.56 Å². The van der Waals surface area contributed by atoms with Gasteiger partial charge < -0.3 is 5.32 Å². The second-order valence-corrected chi connectivity index (χ2v) is 8.50. The van der Waals surface area contributed by atoms with Gasteiger partial charge in [0.1, 0.15) is 0 Å². The van der Waals surface area contributed by atoms with E-state index in [9.17, 15) is 13.2 Å². The van der Waals surface area contributed by atoms with E-state index in [1.165, 1.54) is 6.07 Å². The number of benzene rings is 3. The number of nitrogens with one attached hydrogen (secondary N) is 2.